The summed E-state index contributed by atoms with van der Waals surface area (Å²) in [5.41, 5.74) is 10.4. The van der Waals surface area contributed by atoms with Gasteiger partial charge in [-0.25, -0.2) is 0 Å². The van der Waals surface area contributed by atoms with Gasteiger partial charge >= 0.3 is 0 Å². The molecule has 0 aliphatic heterocycles. The van der Waals surface area contributed by atoms with Crippen LogP contribution in [-0.2, 0) is 0 Å². The Morgan fingerprint density at radius 3 is 1.52 bits per heavy atom. The fraction of sp³-hybridized carbons (Fsp3) is 0.263. The van der Waals surface area contributed by atoms with Crippen LogP contribution < -0.4 is 10.9 Å². The highest BCUT2D eigenvalue weighted by atomic mass is 15.4. The van der Waals surface area contributed by atoms with Gasteiger partial charge in [0.05, 0.1) is 11.4 Å². The molecule has 4 heteroatoms. The molecule has 0 heterocycles. The standard InChI is InChI=1S/C19H24N4/c1-4-19(22-20-15(2)17-11-7-5-8-12-17)23-21-16(3)18-13-9-6-10-14-18/h5-14,19,22-23H,4H2,1-3H3/b20-15+,21-16+. The number of hydrogen-bond acceptors (Lipinski definition) is 4. The highest BCUT2D eigenvalue weighted by Gasteiger charge is 2.03. The molecule has 120 valence electrons. The first-order chi connectivity index (χ1) is 11.2. The van der Waals surface area contributed by atoms with E-state index in [1.54, 1.807) is 0 Å². The lowest BCUT2D eigenvalue weighted by Gasteiger charge is -2.15. The van der Waals surface area contributed by atoms with Crippen LogP contribution in [-0.4, -0.2) is 17.6 Å². The van der Waals surface area contributed by atoms with Crippen molar-refractivity contribution in [1.29, 1.82) is 0 Å². The SMILES string of the molecule is CCC(N/N=C(\C)c1ccccc1)N/N=C(\C)c1ccccc1. The van der Waals surface area contributed by atoms with Gasteiger partial charge in [0.25, 0.3) is 0 Å². The second-order valence-electron chi connectivity index (χ2n) is 5.35. The quantitative estimate of drug-likeness (QED) is 0.465. The topological polar surface area (TPSA) is 48.8 Å². The van der Waals surface area contributed by atoms with E-state index in [-0.39, 0.29) is 6.17 Å². The fourth-order valence-electron chi connectivity index (χ4n) is 2.05. The molecule has 0 radical (unpaired) electrons. The van der Waals surface area contributed by atoms with Crippen molar-refractivity contribution in [3.63, 3.8) is 0 Å². The van der Waals surface area contributed by atoms with Gasteiger partial charge < -0.3 is 0 Å². The molecule has 2 rings (SSSR count). The Hall–Kier alpha value is -2.62. The second kappa shape index (κ2) is 8.73. The summed E-state index contributed by atoms with van der Waals surface area (Å²) in [7, 11) is 0. The van der Waals surface area contributed by atoms with Gasteiger partial charge in [-0.3, -0.25) is 10.9 Å². The Morgan fingerprint density at radius 1 is 0.783 bits per heavy atom. The van der Waals surface area contributed by atoms with E-state index in [1.807, 2.05) is 74.5 Å². The molecule has 2 aromatic rings. The molecule has 0 aliphatic carbocycles. The molecule has 0 amide bonds. The van der Waals surface area contributed by atoms with Crippen LogP contribution in [0.25, 0.3) is 0 Å². The minimum atomic E-state index is -0.00711. The predicted molar refractivity (Wildman–Crippen MR) is 97.7 cm³/mol. The van der Waals surface area contributed by atoms with E-state index < -0.39 is 0 Å². The highest BCUT2D eigenvalue weighted by molar-refractivity contribution is 5.99. The summed E-state index contributed by atoms with van der Waals surface area (Å²) in [6, 6.07) is 20.2. The van der Waals surface area contributed by atoms with E-state index in [1.165, 1.54) is 0 Å². The van der Waals surface area contributed by atoms with Crippen molar-refractivity contribution in [1.82, 2.24) is 10.9 Å². The van der Waals surface area contributed by atoms with E-state index in [0.717, 1.165) is 29.0 Å². The molecule has 23 heavy (non-hydrogen) atoms. The van der Waals surface area contributed by atoms with Gasteiger partial charge in [0.1, 0.15) is 6.17 Å². The van der Waals surface area contributed by atoms with E-state index >= 15 is 0 Å². The predicted octanol–water partition coefficient (Wildman–Crippen LogP) is 3.75. The third-order valence-electron chi connectivity index (χ3n) is 3.57. The zero-order chi connectivity index (χ0) is 16.5. The van der Waals surface area contributed by atoms with Crippen molar-refractivity contribution >= 4 is 11.4 Å². The number of hydrogen-bond donors (Lipinski definition) is 2. The number of nitrogens with one attached hydrogen (secondary N) is 2. The first-order valence-corrected chi connectivity index (χ1v) is 7.91. The van der Waals surface area contributed by atoms with Gasteiger partial charge in [-0.2, -0.15) is 10.2 Å². The lowest BCUT2D eigenvalue weighted by molar-refractivity contribution is 0.435. The van der Waals surface area contributed by atoms with E-state index in [9.17, 15) is 0 Å². The van der Waals surface area contributed by atoms with Gasteiger partial charge in [-0.05, 0) is 31.4 Å². The van der Waals surface area contributed by atoms with Gasteiger partial charge in [0.15, 0.2) is 0 Å². The maximum Gasteiger partial charge on any atom is 0.128 e. The fourth-order valence-corrected chi connectivity index (χ4v) is 2.05. The molecule has 0 saturated heterocycles. The van der Waals surface area contributed by atoms with Crippen LogP contribution in [0.3, 0.4) is 0 Å². The molecule has 0 bridgehead atoms. The second-order valence-corrected chi connectivity index (χ2v) is 5.35. The Kier molecular flexibility index (Phi) is 6.36. The number of nitrogens with zero attached hydrogens (tertiary/aromatic N) is 2. The largest absolute Gasteiger partial charge is 0.286 e. The summed E-state index contributed by atoms with van der Waals surface area (Å²) in [5, 5.41) is 8.90. The van der Waals surface area contributed by atoms with Gasteiger partial charge in [-0.15, -0.1) is 0 Å². The zero-order valence-electron chi connectivity index (χ0n) is 14.0. The minimum Gasteiger partial charge on any atom is -0.286 e. The Bertz CT molecular complexity index is 590. The molecule has 0 unspecified atom stereocenters. The Labute approximate surface area is 138 Å². The molecular formula is C19H24N4. The van der Waals surface area contributed by atoms with Crippen molar-refractivity contribution in [2.75, 3.05) is 0 Å². The molecule has 0 saturated carbocycles. The van der Waals surface area contributed by atoms with Crippen molar-refractivity contribution < 1.29 is 0 Å². The summed E-state index contributed by atoms with van der Waals surface area (Å²) in [6.45, 7) is 6.08. The molecule has 0 fully saturated rings. The summed E-state index contributed by atoms with van der Waals surface area (Å²) in [4.78, 5) is 0. The molecular weight excluding hydrogens is 284 g/mol. The number of benzene rings is 2. The monoisotopic (exact) mass is 308 g/mol. The third kappa shape index (κ3) is 5.25. The van der Waals surface area contributed by atoms with Crippen LogP contribution >= 0.6 is 0 Å². The average Bonchev–Trinajstić information content (AvgIpc) is 2.62. The van der Waals surface area contributed by atoms with Crippen LogP contribution in [0.15, 0.2) is 70.9 Å². The van der Waals surface area contributed by atoms with Crippen LogP contribution in [0, 0.1) is 0 Å². The summed E-state index contributed by atoms with van der Waals surface area (Å²) >= 11 is 0. The van der Waals surface area contributed by atoms with Gasteiger partial charge in [0, 0.05) is 0 Å². The minimum absolute atomic E-state index is 0.00711. The maximum atomic E-state index is 4.45. The summed E-state index contributed by atoms with van der Waals surface area (Å²) < 4.78 is 0. The maximum absolute atomic E-state index is 4.45. The lowest BCUT2D eigenvalue weighted by Crippen LogP contribution is -2.37. The Balaban J connectivity index is 1.95. The third-order valence-corrected chi connectivity index (χ3v) is 3.57. The summed E-state index contributed by atoms with van der Waals surface area (Å²) in [5.74, 6) is 0. The number of rotatable bonds is 7. The van der Waals surface area contributed by atoms with Crippen molar-refractivity contribution in [2.24, 2.45) is 10.2 Å². The van der Waals surface area contributed by atoms with Crippen LogP contribution in [0.5, 0.6) is 0 Å². The molecule has 2 N–H and O–H groups in total. The van der Waals surface area contributed by atoms with Crippen LogP contribution in [0.1, 0.15) is 38.3 Å². The van der Waals surface area contributed by atoms with Crippen LogP contribution in [0.2, 0.25) is 0 Å². The lowest BCUT2D eigenvalue weighted by atomic mass is 10.1. The molecule has 0 aliphatic rings. The normalized spacial score (nSPS) is 12.3. The van der Waals surface area contributed by atoms with Crippen molar-refractivity contribution in [2.45, 2.75) is 33.4 Å². The molecule has 4 nitrogen and oxygen atoms in total. The van der Waals surface area contributed by atoms with E-state index in [0.29, 0.717) is 0 Å². The first kappa shape index (κ1) is 16.7. The van der Waals surface area contributed by atoms with Gasteiger partial charge in [0.2, 0.25) is 0 Å². The van der Waals surface area contributed by atoms with Crippen molar-refractivity contribution in [3.05, 3.63) is 71.8 Å². The average molecular weight is 308 g/mol. The molecule has 0 aromatic heterocycles. The van der Waals surface area contributed by atoms with E-state index in [4.69, 9.17) is 0 Å². The molecule has 2 aromatic carbocycles. The highest BCUT2D eigenvalue weighted by Crippen LogP contribution is 2.02. The first-order valence-electron chi connectivity index (χ1n) is 7.91. The zero-order valence-corrected chi connectivity index (χ0v) is 14.0. The van der Waals surface area contributed by atoms with Crippen molar-refractivity contribution in [3.8, 4) is 0 Å². The number of hydrazone groups is 2. The van der Waals surface area contributed by atoms with E-state index in [2.05, 4.69) is 28.0 Å². The smallest absolute Gasteiger partial charge is 0.128 e. The van der Waals surface area contributed by atoms with Crippen LogP contribution in [0.4, 0.5) is 0 Å². The molecule has 0 atom stereocenters. The summed E-state index contributed by atoms with van der Waals surface area (Å²) in [6.07, 6.45) is 0.865. The molecule has 0 spiro atoms. The Morgan fingerprint density at radius 2 is 1.17 bits per heavy atom. The van der Waals surface area contributed by atoms with Gasteiger partial charge in [-0.1, -0.05) is 67.6 Å².